The molecule has 1 fully saturated rings. The molecule has 17 heavy (non-hydrogen) atoms. The first-order valence-electron chi connectivity index (χ1n) is 5.83. The second kappa shape index (κ2) is 4.53. The van der Waals surface area contributed by atoms with Crippen LogP contribution in [-0.4, -0.2) is 27.9 Å². The zero-order valence-electron chi connectivity index (χ0n) is 9.64. The molecule has 0 bridgehead atoms. The Morgan fingerprint density at radius 3 is 3.18 bits per heavy atom. The lowest BCUT2D eigenvalue weighted by atomic mass is 10.00. The summed E-state index contributed by atoms with van der Waals surface area (Å²) in [7, 11) is 0. The summed E-state index contributed by atoms with van der Waals surface area (Å²) in [6, 6.07) is 2.13. The molecule has 1 aliphatic rings. The molecule has 0 aromatic carbocycles. The predicted molar refractivity (Wildman–Crippen MR) is 76.1 cm³/mol. The van der Waals surface area contributed by atoms with Crippen molar-refractivity contribution in [1.29, 1.82) is 0 Å². The molecule has 3 heterocycles. The van der Waals surface area contributed by atoms with E-state index in [2.05, 4.69) is 49.2 Å². The molecule has 0 amide bonds. The minimum atomic E-state index is 0.638. The summed E-state index contributed by atoms with van der Waals surface area (Å²) in [5, 5.41) is 3.28. The molecule has 2 unspecified atom stereocenters. The van der Waals surface area contributed by atoms with Crippen molar-refractivity contribution in [2.75, 3.05) is 18.0 Å². The number of piperidine rings is 1. The van der Waals surface area contributed by atoms with E-state index in [9.17, 15) is 0 Å². The maximum Gasteiger partial charge on any atom is 0.140 e. The molecule has 0 radical (unpaired) electrons. The first-order chi connectivity index (χ1) is 8.25. The lowest BCUT2D eigenvalue weighted by Crippen LogP contribution is -2.40. The molecule has 0 spiro atoms. The van der Waals surface area contributed by atoms with Crippen LogP contribution in [0.1, 0.15) is 13.3 Å². The summed E-state index contributed by atoms with van der Waals surface area (Å²) in [6.07, 6.45) is 2.86. The molecule has 2 aromatic rings. The van der Waals surface area contributed by atoms with E-state index in [0.717, 1.165) is 23.7 Å². The second-order valence-electron chi connectivity index (χ2n) is 4.56. The molecule has 5 heteroatoms. The lowest BCUT2D eigenvalue weighted by molar-refractivity contribution is 0.464. The first-order valence-corrected chi connectivity index (χ1v) is 7.62. The van der Waals surface area contributed by atoms with Crippen molar-refractivity contribution >= 4 is 43.3 Å². The van der Waals surface area contributed by atoms with Gasteiger partial charge < -0.3 is 4.90 Å². The van der Waals surface area contributed by atoms with Crippen LogP contribution in [0.3, 0.4) is 0 Å². The lowest BCUT2D eigenvalue weighted by Gasteiger charge is -2.35. The Morgan fingerprint density at radius 2 is 2.35 bits per heavy atom. The van der Waals surface area contributed by atoms with Crippen LogP contribution in [0.5, 0.6) is 0 Å². The van der Waals surface area contributed by atoms with Gasteiger partial charge in [-0.1, -0.05) is 22.9 Å². The van der Waals surface area contributed by atoms with E-state index in [1.807, 2.05) is 0 Å². The van der Waals surface area contributed by atoms with Crippen LogP contribution in [0.15, 0.2) is 17.8 Å². The summed E-state index contributed by atoms with van der Waals surface area (Å²) >= 11 is 5.42. The molecule has 0 saturated carbocycles. The molecule has 0 N–H and O–H groups in total. The fraction of sp³-hybridized carbons (Fsp3) is 0.500. The van der Waals surface area contributed by atoms with Crippen molar-refractivity contribution in [3.8, 4) is 0 Å². The summed E-state index contributed by atoms with van der Waals surface area (Å²) in [5.74, 6) is 1.76. The van der Waals surface area contributed by atoms with E-state index in [0.29, 0.717) is 10.7 Å². The zero-order chi connectivity index (χ0) is 11.8. The second-order valence-corrected chi connectivity index (χ2v) is 6.64. The molecular weight excluding hydrogens is 298 g/mol. The number of fused-ring (bicyclic) bond motifs is 1. The standard InChI is InChI=1S/C12H14BrN3S/c1-8-6-16(4-2-10(8)13)11-9-3-5-17-12(9)15-7-14-11/h3,5,7-8,10H,2,4,6H2,1H3. The Morgan fingerprint density at radius 1 is 1.47 bits per heavy atom. The number of halogens is 1. The van der Waals surface area contributed by atoms with Gasteiger partial charge in [0.2, 0.25) is 0 Å². The third-order valence-corrected chi connectivity index (χ3v) is 5.52. The van der Waals surface area contributed by atoms with Gasteiger partial charge in [0.1, 0.15) is 17.0 Å². The average Bonchev–Trinajstić information content (AvgIpc) is 2.80. The highest BCUT2D eigenvalue weighted by Crippen LogP contribution is 2.31. The molecule has 3 rings (SSSR count). The van der Waals surface area contributed by atoms with Gasteiger partial charge in [-0.25, -0.2) is 9.97 Å². The van der Waals surface area contributed by atoms with Crippen LogP contribution < -0.4 is 4.90 Å². The van der Waals surface area contributed by atoms with E-state index in [-0.39, 0.29) is 0 Å². The molecule has 3 nitrogen and oxygen atoms in total. The Hall–Kier alpha value is -0.680. The van der Waals surface area contributed by atoms with Crippen molar-refractivity contribution in [3.05, 3.63) is 17.8 Å². The van der Waals surface area contributed by atoms with Crippen LogP contribution in [0.25, 0.3) is 10.2 Å². The Kier molecular flexibility index (Phi) is 3.04. The van der Waals surface area contributed by atoms with E-state index >= 15 is 0 Å². The number of thiophene rings is 1. The highest BCUT2D eigenvalue weighted by molar-refractivity contribution is 9.09. The average molecular weight is 312 g/mol. The normalized spacial score (nSPS) is 25.4. The van der Waals surface area contributed by atoms with Crippen molar-refractivity contribution < 1.29 is 0 Å². The summed E-state index contributed by atoms with van der Waals surface area (Å²) in [6.45, 7) is 4.43. The fourth-order valence-corrected chi connectivity index (χ4v) is 3.44. The van der Waals surface area contributed by atoms with E-state index < -0.39 is 0 Å². The Balaban J connectivity index is 1.96. The first kappa shape index (κ1) is 11.4. The van der Waals surface area contributed by atoms with Crippen molar-refractivity contribution in [2.45, 2.75) is 18.2 Å². The van der Waals surface area contributed by atoms with E-state index in [4.69, 9.17) is 0 Å². The fourth-order valence-electron chi connectivity index (χ4n) is 2.34. The number of rotatable bonds is 1. The van der Waals surface area contributed by atoms with Crippen molar-refractivity contribution in [2.24, 2.45) is 5.92 Å². The van der Waals surface area contributed by atoms with Crippen molar-refractivity contribution in [3.63, 3.8) is 0 Å². The number of nitrogens with zero attached hydrogens (tertiary/aromatic N) is 3. The third kappa shape index (κ3) is 2.06. The van der Waals surface area contributed by atoms with Gasteiger partial charge in [0, 0.05) is 17.9 Å². The maximum atomic E-state index is 4.47. The van der Waals surface area contributed by atoms with Crippen LogP contribution in [0.2, 0.25) is 0 Å². The predicted octanol–water partition coefficient (Wildman–Crippen LogP) is 3.30. The van der Waals surface area contributed by atoms with Gasteiger partial charge in [-0.05, 0) is 23.8 Å². The number of aromatic nitrogens is 2. The minimum absolute atomic E-state index is 0.638. The molecule has 1 aliphatic heterocycles. The monoisotopic (exact) mass is 311 g/mol. The highest BCUT2D eigenvalue weighted by atomic mass is 79.9. The Bertz CT molecular complexity index is 527. The van der Waals surface area contributed by atoms with Gasteiger partial charge in [-0.3, -0.25) is 0 Å². The van der Waals surface area contributed by atoms with Gasteiger partial charge in [0.15, 0.2) is 0 Å². The van der Waals surface area contributed by atoms with Gasteiger partial charge in [0.05, 0.1) is 5.39 Å². The van der Waals surface area contributed by atoms with Gasteiger partial charge >= 0.3 is 0 Å². The van der Waals surface area contributed by atoms with Gasteiger partial charge in [0.25, 0.3) is 0 Å². The topological polar surface area (TPSA) is 29.0 Å². The van der Waals surface area contributed by atoms with Crippen LogP contribution in [0, 0.1) is 5.92 Å². The molecule has 1 saturated heterocycles. The Labute approximate surface area is 113 Å². The summed E-state index contributed by atoms with van der Waals surface area (Å²) < 4.78 is 0. The molecule has 0 aliphatic carbocycles. The quantitative estimate of drug-likeness (QED) is 0.757. The van der Waals surface area contributed by atoms with Gasteiger partial charge in [-0.15, -0.1) is 11.3 Å². The number of hydrogen-bond acceptors (Lipinski definition) is 4. The maximum absolute atomic E-state index is 4.47. The largest absolute Gasteiger partial charge is 0.356 e. The zero-order valence-corrected chi connectivity index (χ0v) is 12.0. The third-order valence-electron chi connectivity index (χ3n) is 3.34. The van der Waals surface area contributed by atoms with Crippen LogP contribution in [-0.2, 0) is 0 Å². The molecule has 2 aromatic heterocycles. The van der Waals surface area contributed by atoms with Crippen LogP contribution in [0.4, 0.5) is 5.82 Å². The van der Waals surface area contributed by atoms with Gasteiger partial charge in [-0.2, -0.15) is 0 Å². The summed E-state index contributed by atoms with van der Waals surface area (Å²) in [5.41, 5.74) is 0. The SMILES string of the molecule is CC1CN(c2ncnc3sccc23)CCC1Br. The van der Waals surface area contributed by atoms with Crippen molar-refractivity contribution in [1.82, 2.24) is 9.97 Å². The molecule has 90 valence electrons. The van der Waals surface area contributed by atoms with E-state index in [1.165, 1.54) is 11.8 Å². The van der Waals surface area contributed by atoms with E-state index in [1.54, 1.807) is 17.7 Å². The number of hydrogen-bond donors (Lipinski definition) is 0. The number of alkyl halides is 1. The minimum Gasteiger partial charge on any atom is -0.356 e. The highest BCUT2D eigenvalue weighted by Gasteiger charge is 2.25. The summed E-state index contributed by atoms with van der Waals surface area (Å²) in [4.78, 5) is 12.9. The molecular formula is C12H14BrN3S. The van der Waals surface area contributed by atoms with Crippen LogP contribution >= 0.6 is 27.3 Å². The molecule has 2 atom stereocenters. The smallest absolute Gasteiger partial charge is 0.140 e. The number of anilines is 1.